The first-order valence-electron chi connectivity index (χ1n) is 6.20. The Morgan fingerprint density at radius 2 is 2.10 bits per heavy atom. The van der Waals surface area contributed by atoms with Gasteiger partial charge in [0.05, 0.1) is 12.2 Å². The normalized spacial score (nSPS) is 16.8. The fourth-order valence-corrected chi connectivity index (χ4v) is 3.73. The molecule has 0 bridgehead atoms. The second kappa shape index (κ2) is 5.43. The van der Waals surface area contributed by atoms with Gasteiger partial charge in [0, 0.05) is 22.5 Å². The van der Waals surface area contributed by atoms with E-state index in [-0.39, 0.29) is 17.0 Å². The summed E-state index contributed by atoms with van der Waals surface area (Å²) in [5.74, 6) is 0. The summed E-state index contributed by atoms with van der Waals surface area (Å²) in [5.41, 5.74) is 2.48. The number of rotatable bonds is 1. The Balaban J connectivity index is 0.00000121. The standard InChI is InChI=1S/C15H11ClN2S.BrH/c16-11-5-4-10-2-1-3-12(13(10)8-11)14-9-19-15-17-6-7-18(14)15;/h1-5,8-9H,6-7H2;1H. The second-order valence-electron chi connectivity index (χ2n) is 4.61. The van der Waals surface area contributed by atoms with Crippen LogP contribution in [0.2, 0.25) is 5.02 Å². The van der Waals surface area contributed by atoms with Crippen molar-refractivity contribution in [2.45, 2.75) is 0 Å². The molecule has 0 saturated carbocycles. The Morgan fingerprint density at radius 3 is 3.00 bits per heavy atom. The van der Waals surface area contributed by atoms with Gasteiger partial charge in [-0.2, -0.15) is 0 Å². The maximum Gasteiger partial charge on any atom is 0.168 e. The minimum Gasteiger partial charge on any atom is -0.318 e. The number of nitrogens with zero attached hydrogens (tertiary/aromatic N) is 2. The molecule has 0 unspecified atom stereocenters. The number of benzene rings is 2. The summed E-state index contributed by atoms with van der Waals surface area (Å²) in [5, 5.41) is 6.51. The van der Waals surface area contributed by atoms with Gasteiger partial charge >= 0.3 is 0 Å². The van der Waals surface area contributed by atoms with Crippen LogP contribution in [0.15, 0.2) is 46.8 Å². The molecule has 2 aliphatic heterocycles. The summed E-state index contributed by atoms with van der Waals surface area (Å²) in [6.45, 7) is 1.87. The molecule has 0 saturated heterocycles. The highest BCUT2D eigenvalue weighted by Gasteiger charge is 2.27. The molecule has 0 fully saturated rings. The van der Waals surface area contributed by atoms with Crippen molar-refractivity contribution in [3.8, 4) is 0 Å². The minimum absolute atomic E-state index is 0. The second-order valence-corrected chi connectivity index (χ2v) is 5.88. The Labute approximate surface area is 137 Å². The average molecular weight is 368 g/mol. The molecule has 4 rings (SSSR count). The summed E-state index contributed by atoms with van der Waals surface area (Å²) in [4.78, 5) is 6.79. The van der Waals surface area contributed by atoms with Crippen LogP contribution in [0.3, 0.4) is 0 Å². The van der Waals surface area contributed by atoms with Gasteiger partial charge in [0.1, 0.15) is 0 Å². The summed E-state index contributed by atoms with van der Waals surface area (Å²) in [6.07, 6.45) is 0. The molecular weight excluding hydrogens is 356 g/mol. The van der Waals surface area contributed by atoms with Crippen LogP contribution >= 0.6 is 40.3 Å². The van der Waals surface area contributed by atoms with E-state index in [1.165, 1.54) is 22.0 Å². The number of fused-ring (bicyclic) bond motifs is 2. The van der Waals surface area contributed by atoms with Crippen molar-refractivity contribution >= 4 is 62.0 Å². The van der Waals surface area contributed by atoms with E-state index in [1.54, 1.807) is 11.8 Å². The Kier molecular flexibility index (Phi) is 3.80. The minimum atomic E-state index is 0. The first kappa shape index (κ1) is 14.0. The van der Waals surface area contributed by atoms with Crippen LogP contribution in [0.5, 0.6) is 0 Å². The number of amidine groups is 1. The maximum absolute atomic E-state index is 6.15. The molecule has 2 heterocycles. The SMILES string of the molecule is Br.Clc1ccc2cccc(C3=CSC4=NCCN34)c2c1. The van der Waals surface area contributed by atoms with Gasteiger partial charge < -0.3 is 4.90 Å². The molecule has 2 aliphatic rings. The molecule has 102 valence electrons. The maximum atomic E-state index is 6.15. The molecule has 5 heteroatoms. The number of aliphatic imine (C=N–C) groups is 1. The summed E-state index contributed by atoms with van der Waals surface area (Å²) >= 11 is 7.86. The van der Waals surface area contributed by atoms with Gasteiger partial charge in [-0.05, 0) is 22.9 Å². The van der Waals surface area contributed by atoms with Gasteiger partial charge in [0.15, 0.2) is 5.17 Å². The third kappa shape index (κ3) is 2.16. The zero-order valence-electron chi connectivity index (χ0n) is 10.5. The smallest absolute Gasteiger partial charge is 0.168 e. The van der Waals surface area contributed by atoms with Crippen LogP contribution in [-0.2, 0) is 0 Å². The third-order valence-corrected chi connectivity index (χ3v) is 4.62. The molecule has 0 amide bonds. The van der Waals surface area contributed by atoms with E-state index in [0.29, 0.717) is 0 Å². The number of hydrogen-bond donors (Lipinski definition) is 0. The van der Waals surface area contributed by atoms with Crippen molar-refractivity contribution in [3.63, 3.8) is 0 Å². The molecular formula is C15H12BrClN2S. The van der Waals surface area contributed by atoms with Crippen LogP contribution < -0.4 is 0 Å². The van der Waals surface area contributed by atoms with Gasteiger partial charge in [0.25, 0.3) is 0 Å². The van der Waals surface area contributed by atoms with Crippen LogP contribution in [0.1, 0.15) is 5.56 Å². The van der Waals surface area contributed by atoms with Gasteiger partial charge in [0.2, 0.25) is 0 Å². The summed E-state index contributed by atoms with van der Waals surface area (Å²) in [7, 11) is 0. The van der Waals surface area contributed by atoms with Crippen molar-refractivity contribution in [3.05, 3.63) is 52.4 Å². The predicted molar refractivity (Wildman–Crippen MR) is 93.9 cm³/mol. The van der Waals surface area contributed by atoms with Gasteiger partial charge in [-0.1, -0.05) is 47.6 Å². The first-order chi connectivity index (χ1) is 9.33. The summed E-state index contributed by atoms with van der Waals surface area (Å²) < 4.78 is 0. The zero-order chi connectivity index (χ0) is 12.8. The molecule has 0 spiro atoms. The van der Waals surface area contributed by atoms with E-state index < -0.39 is 0 Å². The molecule has 0 N–H and O–H groups in total. The van der Waals surface area contributed by atoms with E-state index in [1.807, 2.05) is 12.1 Å². The Hall–Kier alpha value is -0.970. The highest BCUT2D eigenvalue weighted by molar-refractivity contribution is 8.93. The molecule has 2 nitrogen and oxygen atoms in total. The van der Waals surface area contributed by atoms with Gasteiger partial charge in [-0.25, -0.2) is 0 Å². The molecule has 2 aromatic rings. The van der Waals surface area contributed by atoms with Crippen molar-refractivity contribution in [2.24, 2.45) is 4.99 Å². The fourth-order valence-electron chi connectivity index (χ4n) is 2.60. The van der Waals surface area contributed by atoms with Crippen molar-refractivity contribution in [1.82, 2.24) is 4.90 Å². The lowest BCUT2D eigenvalue weighted by atomic mass is 10.0. The van der Waals surface area contributed by atoms with Crippen LogP contribution in [0, 0.1) is 0 Å². The zero-order valence-corrected chi connectivity index (χ0v) is 13.8. The quantitative estimate of drug-likeness (QED) is 0.720. The molecule has 0 aromatic heterocycles. The van der Waals surface area contributed by atoms with Crippen molar-refractivity contribution in [2.75, 3.05) is 13.1 Å². The summed E-state index contributed by atoms with van der Waals surface area (Å²) in [6, 6.07) is 12.4. The van der Waals surface area contributed by atoms with E-state index in [2.05, 4.69) is 39.6 Å². The van der Waals surface area contributed by atoms with Gasteiger partial charge in [-0.15, -0.1) is 17.0 Å². The largest absolute Gasteiger partial charge is 0.318 e. The lowest BCUT2D eigenvalue weighted by molar-refractivity contribution is 0.650. The van der Waals surface area contributed by atoms with Crippen molar-refractivity contribution < 1.29 is 0 Å². The molecule has 0 atom stereocenters. The third-order valence-electron chi connectivity index (χ3n) is 3.49. The number of hydrogen-bond acceptors (Lipinski definition) is 3. The van der Waals surface area contributed by atoms with E-state index in [4.69, 9.17) is 11.6 Å². The first-order valence-corrected chi connectivity index (χ1v) is 7.46. The molecule has 0 aliphatic carbocycles. The Bertz CT molecular complexity index is 742. The lowest BCUT2D eigenvalue weighted by Gasteiger charge is -2.18. The van der Waals surface area contributed by atoms with E-state index in [9.17, 15) is 0 Å². The molecule has 2 aromatic carbocycles. The lowest BCUT2D eigenvalue weighted by Crippen LogP contribution is -2.19. The fraction of sp³-hybridized carbons (Fsp3) is 0.133. The molecule has 0 radical (unpaired) electrons. The van der Waals surface area contributed by atoms with Gasteiger partial charge in [-0.3, -0.25) is 4.99 Å². The highest BCUT2D eigenvalue weighted by Crippen LogP contribution is 2.38. The van der Waals surface area contributed by atoms with Crippen LogP contribution in [-0.4, -0.2) is 23.2 Å². The van der Waals surface area contributed by atoms with Crippen molar-refractivity contribution in [1.29, 1.82) is 0 Å². The monoisotopic (exact) mass is 366 g/mol. The number of thioether (sulfide) groups is 1. The van der Waals surface area contributed by atoms with Crippen LogP contribution in [0.25, 0.3) is 16.5 Å². The molecule has 20 heavy (non-hydrogen) atoms. The highest BCUT2D eigenvalue weighted by atomic mass is 79.9. The van der Waals surface area contributed by atoms with E-state index in [0.717, 1.165) is 23.3 Å². The number of halogens is 2. The topological polar surface area (TPSA) is 15.6 Å². The predicted octanol–water partition coefficient (Wildman–Crippen LogP) is 4.79. The average Bonchev–Trinajstić information content (AvgIpc) is 3.00. The Morgan fingerprint density at radius 1 is 1.20 bits per heavy atom. The van der Waals surface area contributed by atoms with Crippen LogP contribution in [0.4, 0.5) is 0 Å². The van der Waals surface area contributed by atoms with E-state index >= 15 is 0 Å².